The summed E-state index contributed by atoms with van der Waals surface area (Å²) in [6.07, 6.45) is 1.56. The molecular weight excluding hydrogens is 222 g/mol. The van der Waals surface area contributed by atoms with E-state index >= 15 is 0 Å². The topological polar surface area (TPSA) is 40.9 Å². The van der Waals surface area contributed by atoms with Gasteiger partial charge >= 0.3 is 0 Å². The third-order valence-corrected chi connectivity index (χ3v) is 2.31. The highest BCUT2D eigenvalue weighted by atomic mass is 35.5. The molecule has 16 heavy (non-hydrogen) atoms. The fourth-order valence-corrected chi connectivity index (χ4v) is 1.43. The summed E-state index contributed by atoms with van der Waals surface area (Å²) in [4.78, 5) is 11.6. The van der Waals surface area contributed by atoms with E-state index in [1.54, 1.807) is 44.2 Å². The van der Waals surface area contributed by atoms with Crippen molar-refractivity contribution in [1.29, 1.82) is 5.26 Å². The Labute approximate surface area is 100 Å². The number of carbonyl (C=O) groups is 1. The molecule has 0 aromatic heterocycles. The first kappa shape index (κ1) is 12.5. The molecule has 0 saturated heterocycles. The summed E-state index contributed by atoms with van der Waals surface area (Å²) in [5.74, 6) is -0.326. The molecular formula is C13H12ClNO. The summed E-state index contributed by atoms with van der Waals surface area (Å²) in [6, 6.07) is 8.96. The standard InChI is InChI=1S/C13H12ClNO/c1-9(2)13(16)11(8-15)6-10-4-3-5-12(14)7-10/h3-7,9H,1-2H3/b11-6-. The molecule has 0 aliphatic rings. The monoisotopic (exact) mass is 233 g/mol. The van der Waals surface area contributed by atoms with Crippen LogP contribution in [0.15, 0.2) is 29.8 Å². The van der Waals surface area contributed by atoms with Gasteiger partial charge in [0.25, 0.3) is 0 Å². The average Bonchev–Trinajstić information content (AvgIpc) is 2.25. The number of benzene rings is 1. The van der Waals surface area contributed by atoms with Crippen LogP contribution in [0.5, 0.6) is 0 Å². The number of Topliss-reactive ketones (excluding diaryl/α,β-unsaturated/α-hetero) is 1. The zero-order chi connectivity index (χ0) is 12.1. The average molecular weight is 234 g/mol. The molecule has 0 unspecified atom stereocenters. The number of carbonyl (C=O) groups excluding carboxylic acids is 1. The summed E-state index contributed by atoms with van der Waals surface area (Å²) in [5.41, 5.74) is 0.926. The molecule has 1 aromatic carbocycles. The molecule has 0 aliphatic heterocycles. The first-order valence-electron chi connectivity index (χ1n) is 4.96. The number of ketones is 1. The molecule has 0 saturated carbocycles. The number of nitriles is 1. The zero-order valence-electron chi connectivity index (χ0n) is 9.20. The first-order chi connectivity index (χ1) is 7.54. The SMILES string of the molecule is CC(C)C(=O)/C(C#N)=C\c1cccc(Cl)c1. The second-order valence-corrected chi connectivity index (χ2v) is 4.18. The second-order valence-electron chi connectivity index (χ2n) is 3.74. The van der Waals surface area contributed by atoms with Crippen LogP contribution >= 0.6 is 11.6 Å². The van der Waals surface area contributed by atoms with Gasteiger partial charge in [-0.25, -0.2) is 0 Å². The van der Waals surface area contributed by atoms with Crippen LogP contribution in [0.4, 0.5) is 0 Å². The number of hydrogen-bond donors (Lipinski definition) is 0. The number of allylic oxidation sites excluding steroid dienone is 1. The minimum atomic E-state index is -0.176. The summed E-state index contributed by atoms with van der Waals surface area (Å²) in [5, 5.41) is 9.49. The molecule has 3 heteroatoms. The maximum Gasteiger partial charge on any atom is 0.175 e. The highest BCUT2D eigenvalue weighted by Gasteiger charge is 2.12. The molecule has 1 aromatic rings. The van der Waals surface area contributed by atoms with Crippen LogP contribution in [0.1, 0.15) is 19.4 Å². The maximum atomic E-state index is 11.6. The lowest BCUT2D eigenvalue weighted by molar-refractivity contribution is -0.117. The van der Waals surface area contributed by atoms with Gasteiger partial charge in [-0.15, -0.1) is 0 Å². The molecule has 0 fully saturated rings. The van der Waals surface area contributed by atoms with E-state index in [2.05, 4.69) is 0 Å². The fraction of sp³-hybridized carbons (Fsp3) is 0.231. The number of rotatable bonds is 3. The Morgan fingerprint density at radius 1 is 1.50 bits per heavy atom. The second kappa shape index (κ2) is 5.48. The van der Waals surface area contributed by atoms with E-state index in [1.807, 2.05) is 6.07 Å². The van der Waals surface area contributed by atoms with E-state index in [4.69, 9.17) is 16.9 Å². The lowest BCUT2D eigenvalue weighted by Gasteiger charge is -2.02. The van der Waals surface area contributed by atoms with Gasteiger partial charge in [-0.1, -0.05) is 37.6 Å². The summed E-state index contributed by atoms with van der Waals surface area (Å²) < 4.78 is 0. The summed E-state index contributed by atoms with van der Waals surface area (Å²) >= 11 is 5.82. The Bertz CT molecular complexity index is 469. The predicted molar refractivity (Wildman–Crippen MR) is 64.9 cm³/mol. The zero-order valence-corrected chi connectivity index (χ0v) is 9.95. The van der Waals surface area contributed by atoms with Crippen molar-refractivity contribution in [3.8, 4) is 6.07 Å². The Hall–Kier alpha value is -1.59. The predicted octanol–water partition coefficient (Wildman–Crippen LogP) is 3.47. The van der Waals surface area contributed by atoms with Gasteiger partial charge in [0.2, 0.25) is 0 Å². The fourth-order valence-electron chi connectivity index (χ4n) is 1.23. The van der Waals surface area contributed by atoms with Gasteiger partial charge in [-0.2, -0.15) is 5.26 Å². The molecule has 82 valence electrons. The highest BCUT2D eigenvalue weighted by molar-refractivity contribution is 6.30. The molecule has 0 aliphatic carbocycles. The Balaban J connectivity index is 3.07. The van der Waals surface area contributed by atoms with Crippen LogP contribution in [0, 0.1) is 17.2 Å². The van der Waals surface area contributed by atoms with Gasteiger partial charge in [-0.05, 0) is 23.8 Å². The Kier molecular flexibility index (Phi) is 4.28. The van der Waals surface area contributed by atoms with Gasteiger partial charge in [0, 0.05) is 10.9 Å². The normalized spacial score (nSPS) is 11.3. The number of nitrogens with zero attached hydrogens (tertiary/aromatic N) is 1. The Morgan fingerprint density at radius 3 is 2.69 bits per heavy atom. The van der Waals surface area contributed by atoms with Crippen LogP contribution < -0.4 is 0 Å². The van der Waals surface area contributed by atoms with Gasteiger partial charge in [0.1, 0.15) is 6.07 Å². The Morgan fingerprint density at radius 2 is 2.19 bits per heavy atom. The van der Waals surface area contributed by atoms with Crippen LogP contribution in [0.2, 0.25) is 5.02 Å². The third kappa shape index (κ3) is 3.22. The minimum absolute atomic E-state index is 0.150. The largest absolute Gasteiger partial charge is 0.293 e. The van der Waals surface area contributed by atoms with E-state index in [0.717, 1.165) is 5.56 Å². The van der Waals surface area contributed by atoms with Gasteiger partial charge in [0.05, 0.1) is 5.57 Å². The van der Waals surface area contributed by atoms with Gasteiger partial charge in [0.15, 0.2) is 5.78 Å². The number of halogens is 1. The van der Waals surface area contributed by atoms with E-state index in [0.29, 0.717) is 5.02 Å². The maximum absolute atomic E-state index is 11.6. The van der Waals surface area contributed by atoms with Crippen molar-refractivity contribution < 1.29 is 4.79 Å². The van der Waals surface area contributed by atoms with Gasteiger partial charge in [-0.3, -0.25) is 4.79 Å². The molecule has 2 nitrogen and oxygen atoms in total. The molecule has 0 heterocycles. The quantitative estimate of drug-likeness (QED) is 0.593. The van der Waals surface area contributed by atoms with E-state index in [-0.39, 0.29) is 17.3 Å². The van der Waals surface area contributed by atoms with Crippen molar-refractivity contribution in [3.05, 3.63) is 40.4 Å². The van der Waals surface area contributed by atoms with Crippen molar-refractivity contribution in [1.82, 2.24) is 0 Å². The minimum Gasteiger partial charge on any atom is -0.293 e. The highest BCUT2D eigenvalue weighted by Crippen LogP contribution is 2.15. The third-order valence-electron chi connectivity index (χ3n) is 2.07. The molecule has 0 spiro atoms. The van der Waals surface area contributed by atoms with Crippen LogP contribution in [0.3, 0.4) is 0 Å². The lowest BCUT2D eigenvalue weighted by atomic mass is 10.00. The summed E-state index contributed by atoms with van der Waals surface area (Å²) in [7, 11) is 0. The lowest BCUT2D eigenvalue weighted by Crippen LogP contribution is -2.08. The first-order valence-corrected chi connectivity index (χ1v) is 5.34. The van der Waals surface area contributed by atoms with Crippen molar-refractivity contribution in [3.63, 3.8) is 0 Å². The van der Waals surface area contributed by atoms with Crippen LogP contribution in [-0.2, 0) is 4.79 Å². The van der Waals surface area contributed by atoms with E-state index < -0.39 is 0 Å². The van der Waals surface area contributed by atoms with Crippen molar-refractivity contribution in [2.45, 2.75) is 13.8 Å². The molecule has 0 amide bonds. The number of hydrogen-bond acceptors (Lipinski definition) is 2. The van der Waals surface area contributed by atoms with Crippen LogP contribution in [0.25, 0.3) is 6.08 Å². The molecule has 1 rings (SSSR count). The van der Waals surface area contributed by atoms with Crippen molar-refractivity contribution >= 4 is 23.5 Å². The van der Waals surface area contributed by atoms with E-state index in [9.17, 15) is 4.79 Å². The molecule has 0 bridgehead atoms. The van der Waals surface area contributed by atoms with E-state index in [1.165, 1.54) is 0 Å². The van der Waals surface area contributed by atoms with Crippen molar-refractivity contribution in [2.24, 2.45) is 5.92 Å². The smallest absolute Gasteiger partial charge is 0.175 e. The summed E-state index contributed by atoms with van der Waals surface area (Å²) in [6.45, 7) is 3.54. The molecule has 0 radical (unpaired) electrons. The molecule has 0 atom stereocenters. The van der Waals surface area contributed by atoms with Crippen LogP contribution in [-0.4, -0.2) is 5.78 Å². The van der Waals surface area contributed by atoms with Crippen molar-refractivity contribution in [2.75, 3.05) is 0 Å². The van der Waals surface area contributed by atoms with Gasteiger partial charge < -0.3 is 0 Å². The molecule has 0 N–H and O–H groups in total.